The lowest BCUT2D eigenvalue weighted by Crippen LogP contribution is -2.48. The summed E-state index contributed by atoms with van der Waals surface area (Å²) in [5.74, 6) is 1.94. The molecule has 2 aliphatic carbocycles. The van der Waals surface area contributed by atoms with Crippen molar-refractivity contribution in [2.45, 2.75) is 57.5 Å². The minimum atomic E-state index is -0.426. The fourth-order valence-corrected chi connectivity index (χ4v) is 6.20. The van der Waals surface area contributed by atoms with E-state index in [4.69, 9.17) is 19.2 Å². The molecule has 0 bridgehead atoms. The van der Waals surface area contributed by atoms with Crippen molar-refractivity contribution >= 4 is 0 Å². The molecule has 0 saturated carbocycles. The lowest BCUT2D eigenvalue weighted by atomic mass is 9.53. The average Bonchev–Trinajstić information content (AvgIpc) is 3.33. The molecule has 0 aliphatic heterocycles. The van der Waals surface area contributed by atoms with E-state index in [1.165, 1.54) is 11.6 Å². The number of rotatable bonds is 4. The molecule has 0 spiro atoms. The average molecular weight is 470 g/mol. The van der Waals surface area contributed by atoms with Crippen molar-refractivity contribution in [2.24, 2.45) is 5.92 Å². The van der Waals surface area contributed by atoms with Gasteiger partial charge in [-0.1, -0.05) is 54.5 Å². The number of halogens is 1. The van der Waals surface area contributed by atoms with Gasteiger partial charge in [0.05, 0.1) is 23.6 Å². The monoisotopic (exact) mass is 469 g/mol. The van der Waals surface area contributed by atoms with Crippen molar-refractivity contribution in [2.75, 3.05) is 0 Å². The van der Waals surface area contributed by atoms with Crippen molar-refractivity contribution in [3.63, 3.8) is 0 Å². The van der Waals surface area contributed by atoms with Crippen molar-refractivity contribution in [3.05, 3.63) is 94.8 Å². The van der Waals surface area contributed by atoms with Crippen LogP contribution in [-0.4, -0.2) is 21.2 Å². The summed E-state index contributed by atoms with van der Waals surface area (Å²) in [6.07, 6.45) is 4.23. The molecule has 0 radical (unpaired) electrons. The fraction of sp³-hybridized carbons (Fsp3) is 0.345. The van der Waals surface area contributed by atoms with E-state index < -0.39 is 5.41 Å². The first-order chi connectivity index (χ1) is 17.0. The summed E-state index contributed by atoms with van der Waals surface area (Å²) in [6.45, 7) is 6.20. The number of aromatic nitrogens is 3. The first-order valence-corrected chi connectivity index (χ1v) is 12.3. The van der Waals surface area contributed by atoms with E-state index in [1.807, 2.05) is 32.2 Å². The molecule has 2 aromatic carbocycles. The minimum Gasteiger partial charge on any atom is -0.475 e. The van der Waals surface area contributed by atoms with Crippen molar-refractivity contribution in [1.29, 1.82) is 0 Å². The molecular formula is C29H28FN3O2. The molecule has 0 amide bonds. The third-order valence-electron chi connectivity index (χ3n) is 7.64. The maximum atomic E-state index is 14.9. The van der Waals surface area contributed by atoms with Gasteiger partial charge in [-0.15, -0.1) is 0 Å². The van der Waals surface area contributed by atoms with Crippen LogP contribution in [0.15, 0.2) is 65.3 Å². The number of ether oxygens (including phenoxy) is 1. The standard InChI is InChI=1S/C29H28FN3O2/c1-17(2)34-28-22-13-14-23-18(3)25-19(16-31-35-25)15-29(23,20-9-5-4-6-10-20)26(22)32-27(33-28)21-11-7-8-12-24(21)30/h4-12,16-18,23H,13-15H2,1-3H3/t18-,23-,29+/m0/s1. The van der Waals surface area contributed by atoms with E-state index in [0.29, 0.717) is 23.7 Å². The molecule has 6 rings (SSSR count). The molecular weight excluding hydrogens is 441 g/mol. The van der Waals surface area contributed by atoms with Crippen LogP contribution in [-0.2, 0) is 18.3 Å². The van der Waals surface area contributed by atoms with Gasteiger partial charge in [-0.3, -0.25) is 0 Å². The topological polar surface area (TPSA) is 61.0 Å². The molecule has 2 aliphatic rings. The van der Waals surface area contributed by atoms with Gasteiger partial charge in [-0.25, -0.2) is 9.37 Å². The van der Waals surface area contributed by atoms with Crippen LogP contribution in [0.5, 0.6) is 5.88 Å². The number of hydrogen-bond acceptors (Lipinski definition) is 5. The minimum absolute atomic E-state index is 0.0668. The largest absolute Gasteiger partial charge is 0.475 e. The molecule has 178 valence electrons. The second kappa shape index (κ2) is 8.29. The van der Waals surface area contributed by atoms with E-state index in [2.05, 4.69) is 36.3 Å². The number of fused-ring (bicyclic) bond motifs is 4. The van der Waals surface area contributed by atoms with Gasteiger partial charge in [0, 0.05) is 22.5 Å². The Morgan fingerprint density at radius 2 is 1.83 bits per heavy atom. The third-order valence-corrected chi connectivity index (χ3v) is 7.64. The van der Waals surface area contributed by atoms with Crippen LogP contribution < -0.4 is 4.74 Å². The van der Waals surface area contributed by atoms with E-state index in [-0.39, 0.29) is 23.8 Å². The van der Waals surface area contributed by atoms with Crippen LogP contribution in [0.4, 0.5) is 4.39 Å². The number of hydrogen-bond donors (Lipinski definition) is 0. The van der Waals surface area contributed by atoms with Gasteiger partial charge >= 0.3 is 0 Å². The predicted molar refractivity (Wildman–Crippen MR) is 131 cm³/mol. The third kappa shape index (κ3) is 3.38. The second-order valence-corrected chi connectivity index (χ2v) is 9.99. The SMILES string of the molecule is CC(C)Oc1nc(-c2ccccc2F)nc2c1CC[C@H]1[C@H](C)c3oncc3C[C@]21c1ccccc1. The summed E-state index contributed by atoms with van der Waals surface area (Å²) in [4.78, 5) is 9.92. The van der Waals surface area contributed by atoms with E-state index in [1.54, 1.807) is 12.1 Å². The van der Waals surface area contributed by atoms with Gasteiger partial charge in [-0.2, -0.15) is 4.98 Å². The predicted octanol–water partition coefficient (Wildman–Crippen LogP) is 6.27. The van der Waals surface area contributed by atoms with Gasteiger partial charge in [0.2, 0.25) is 5.88 Å². The lowest BCUT2D eigenvalue weighted by molar-refractivity contribution is 0.180. The Hall–Kier alpha value is -3.54. The normalized spacial score (nSPS) is 22.9. The highest BCUT2D eigenvalue weighted by Gasteiger charge is 2.54. The molecule has 3 atom stereocenters. The van der Waals surface area contributed by atoms with Gasteiger partial charge in [0.25, 0.3) is 0 Å². The van der Waals surface area contributed by atoms with Crippen LogP contribution in [0.25, 0.3) is 11.4 Å². The van der Waals surface area contributed by atoms with Crippen LogP contribution in [0.1, 0.15) is 61.3 Å². The summed E-state index contributed by atoms with van der Waals surface area (Å²) in [5, 5.41) is 4.14. The molecule has 0 unspecified atom stereocenters. The van der Waals surface area contributed by atoms with E-state index in [9.17, 15) is 4.39 Å². The zero-order chi connectivity index (χ0) is 24.2. The first-order valence-electron chi connectivity index (χ1n) is 12.3. The lowest BCUT2D eigenvalue weighted by Gasteiger charge is -2.50. The summed E-state index contributed by atoms with van der Waals surface area (Å²) < 4.78 is 26.9. The highest BCUT2D eigenvalue weighted by Crippen LogP contribution is 2.57. The zero-order valence-electron chi connectivity index (χ0n) is 20.2. The summed E-state index contributed by atoms with van der Waals surface area (Å²) in [6, 6.07) is 17.2. The molecule has 2 heterocycles. The Bertz CT molecular complexity index is 1380. The molecule has 6 heteroatoms. The molecule has 4 aromatic rings. The Morgan fingerprint density at radius 1 is 1.06 bits per heavy atom. The molecule has 35 heavy (non-hydrogen) atoms. The van der Waals surface area contributed by atoms with Crippen LogP contribution in [0.2, 0.25) is 0 Å². The Kier molecular flexibility index (Phi) is 5.20. The molecule has 0 N–H and O–H groups in total. The molecule has 0 saturated heterocycles. The Balaban J connectivity index is 1.67. The zero-order valence-corrected chi connectivity index (χ0v) is 20.2. The highest BCUT2D eigenvalue weighted by atomic mass is 19.1. The van der Waals surface area contributed by atoms with Gasteiger partial charge < -0.3 is 9.26 Å². The molecule has 0 fully saturated rings. The quantitative estimate of drug-likeness (QED) is 0.353. The number of nitrogens with zero attached hydrogens (tertiary/aromatic N) is 3. The van der Waals surface area contributed by atoms with Gasteiger partial charge in [0.1, 0.15) is 11.6 Å². The van der Waals surface area contributed by atoms with Crippen molar-refractivity contribution in [3.8, 4) is 17.3 Å². The summed E-state index contributed by atoms with van der Waals surface area (Å²) >= 11 is 0. The van der Waals surface area contributed by atoms with Gasteiger partial charge in [0.15, 0.2) is 5.82 Å². The van der Waals surface area contributed by atoms with Gasteiger partial charge in [-0.05, 0) is 56.7 Å². The van der Waals surface area contributed by atoms with Crippen LogP contribution in [0.3, 0.4) is 0 Å². The van der Waals surface area contributed by atoms with Crippen LogP contribution in [0, 0.1) is 11.7 Å². The van der Waals surface area contributed by atoms with Crippen molar-refractivity contribution < 1.29 is 13.7 Å². The smallest absolute Gasteiger partial charge is 0.220 e. The van der Waals surface area contributed by atoms with Crippen molar-refractivity contribution in [1.82, 2.24) is 15.1 Å². The van der Waals surface area contributed by atoms with Crippen LogP contribution >= 0.6 is 0 Å². The maximum absolute atomic E-state index is 14.9. The summed E-state index contributed by atoms with van der Waals surface area (Å²) in [5.41, 5.74) is 4.20. The fourth-order valence-electron chi connectivity index (χ4n) is 6.20. The maximum Gasteiger partial charge on any atom is 0.220 e. The molecule has 2 aromatic heterocycles. The number of benzene rings is 2. The summed E-state index contributed by atoms with van der Waals surface area (Å²) in [7, 11) is 0. The Labute approximate surface area is 204 Å². The molecule has 5 nitrogen and oxygen atoms in total. The van der Waals surface area contributed by atoms with E-state index >= 15 is 0 Å². The highest BCUT2D eigenvalue weighted by molar-refractivity contribution is 5.60. The first kappa shape index (κ1) is 22.0. The van der Waals surface area contributed by atoms with E-state index in [0.717, 1.165) is 35.4 Å². The second-order valence-electron chi connectivity index (χ2n) is 9.99. The Morgan fingerprint density at radius 3 is 2.60 bits per heavy atom.